The number of benzene rings is 9. The lowest BCUT2D eigenvalue weighted by atomic mass is 10.0. The maximum absolute atomic E-state index is 13.4. The second-order valence-electron chi connectivity index (χ2n) is 34.7. The first-order valence-electron chi connectivity index (χ1n) is 45.6. The van der Waals surface area contributed by atoms with Gasteiger partial charge in [-0.25, -0.2) is 66.9 Å². The number of halogens is 11. The number of aryl methyl sites for hydroxylation is 10. The number of hydrogen-bond acceptors (Lipinski definition) is 27. The first-order chi connectivity index (χ1) is 70.0. The van der Waals surface area contributed by atoms with E-state index in [1.54, 1.807) is 153 Å². The molecule has 9 aromatic carbocycles. The third-order valence-electron chi connectivity index (χ3n) is 18.4. The molecule has 47 heteroatoms. The summed E-state index contributed by atoms with van der Waals surface area (Å²) < 4.78 is 91.8. The predicted octanol–water partition coefficient (Wildman–Crippen LogP) is 14.6. The molecule has 0 fully saturated rings. The van der Waals surface area contributed by atoms with E-state index in [0.717, 1.165) is 68.8 Å². The highest BCUT2D eigenvalue weighted by atomic mass is 35.5. The number of aliphatic hydroxyl groups excluding tert-OH is 7. The number of nitrogens with one attached hydrogen (secondary N) is 9. The van der Waals surface area contributed by atoms with E-state index >= 15 is 0 Å². The number of carbonyl (C=O) groups is 9. The molecule has 828 valence electrons. The van der Waals surface area contributed by atoms with Crippen molar-refractivity contribution in [1.29, 1.82) is 0 Å². The highest BCUT2D eigenvalue weighted by molar-refractivity contribution is 6.35. The van der Waals surface area contributed by atoms with Crippen LogP contribution in [-0.2, 0) is 49.7 Å². The van der Waals surface area contributed by atoms with Gasteiger partial charge in [-0.1, -0.05) is 112 Å². The van der Waals surface area contributed by atoms with Crippen LogP contribution in [0.3, 0.4) is 0 Å². The Hall–Kier alpha value is -11.8. The van der Waals surface area contributed by atoms with Gasteiger partial charge in [0.05, 0.1) is 122 Å². The number of hydrogen-bond donors (Lipinski definition) is 18. The number of alkyl halides is 3. The average Bonchev–Trinajstić information content (AvgIpc) is 0.796. The van der Waals surface area contributed by atoms with Crippen molar-refractivity contribution in [2.75, 3.05) is 59.5 Å². The molecule has 5 unspecified atom stereocenters. The lowest BCUT2D eigenvalue weighted by Gasteiger charge is -2.16. The summed E-state index contributed by atoms with van der Waals surface area (Å²) in [5.41, 5.74) is 24.8. The molecular formula is C103H132Cl4F7N9O27. The molecule has 9 amide bonds. The summed E-state index contributed by atoms with van der Waals surface area (Å²) in [7, 11) is 0. The molecule has 0 spiro atoms. The minimum atomic E-state index is -4.62. The molecule has 0 aliphatic heterocycles. The molecule has 150 heavy (non-hydrogen) atoms. The fourth-order valence-electron chi connectivity index (χ4n) is 10.3. The van der Waals surface area contributed by atoms with Gasteiger partial charge in [-0.3, -0.25) is 86.7 Å². The van der Waals surface area contributed by atoms with E-state index in [1.807, 2.05) is 64.6 Å². The van der Waals surface area contributed by atoms with E-state index in [9.17, 15) is 84.1 Å². The summed E-state index contributed by atoms with van der Waals surface area (Å²) >= 11 is 23.7. The van der Waals surface area contributed by atoms with Crippen molar-refractivity contribution in [2.45, 2.75) is 206 Å². The largest absolute Gasteiger partial charge is 0.417 e. The van der Waals surface area contributed by atoms with E-state index in [0.29, 0.717) is 59.0 Å². The molecule has 7 atom stereocenters. The van der Waals surface area contributed by atoms with Crippen molar-refractivity contribution in [2.24, 2.45) is 0 Å². The molecule has 18 N–H and O–H groups in total. The minimum Gasteiger partial charge on any atom is -0.394 e. The van der Waals surface area contributed by atoms with E-state index < -0.39 is 147 Å². The molecule has 0 saturated heterocycles. The molecule has 36 nitrogen and oxygen atoms in total. The smallest absolute Gasteiger partial charge is 0.394 e. The quantitative estimate of drug-likeness (QED) is 0.0128. The number of carbonyl (C=O) groups excluding carboxylic acids is 9. The van der Waals surface area contributed by atoms with Crippen molar-refractivity contribution in [3.8, 4) is 0 Å². The zero-order chi connectivity index (χ0) is 114. The Labute approximate surface area is 884 Å². The summed E-state index contributed by atoms with van der Waals surface area (Å²) in [6.45, 7) is 33.6. The van der Waals surface area contributed by atoms with Gasteiger partial charge >= 0.3 is 6.18 Å². The maximum atomic E-state index is 13.4. The zero-order valence-electron chi connectivity index (χ0n) is 86.4. The summed E-state index contributed by atoms with van der Waals surface area (Å²) in [5.74, 6) is -8.50. The molecule has 0 aliphatic rings. The van der Waals surface area contributed by atoms with E-state index in [-0.39, 0.29) is 76.5 Å². The number of rotatable bonds is 36. The van der Waals surface area contributed by atoms with Crippen LogP contribution in [0.1, 0.15) is 231 Å². The van der Waals surface area contributed by atoms with Crippen LogP contribution >= 0.6 is 46.4 Å². The fraction of sp³-hybridized carbons (Fsp3) is 0.388. The Balaban J connectivity index is 0.000000844. The molecule has 0 radical (unpaired) electrons. The number of aliphatic hydroxyl groups is 9. The maximum Gasteiger partial charge on any atom is 0.417 e. The summed E-state index contributed by atoms with van der Waals surface area (Å²) in [6.07, 6.45) is -8.28. The van der Waals surface area contributed by atoms with Crippen LogP contribution in [0.2, 0.25) is 20.1 Å². The van der Waals surface area contributed by atoms with Crippen LogP contribution in [0.5, 0.6) is 0 Å². The van der Waals surface area contributed by atoms with Gasteiger partial charge in [-0.15, -0.1) is 0 Å². The van der Waals surface area contributed by atoms with E-state index in [2.05, 4.69) is 48.0 Å². The topological polar surface area (TPSA) is 527 Å². The van der Waals surface area contributed by atoms with Crippen LogP contribution in [-0.4, -0.2) is 213 Å². The van der Waals surface area contributed by atoms with Crippen molar-refractivity contribution in [1.82, 2.24) is 49.3 Å². The van der Waals surface area contributed by atoms with Crippen molar-refractivity contribution in [3.05, 3.63) is 312 Å². The molecular weight excluding hydrogens is 2070 g/mol. The lowest BCUT2D eigenvalue weighted by Crippen LogP contribution is -2.33. The number of amides is 9. The van der Waals surface area contributed by atoms with Crippen molar-refractivity contribution >= 4 is 99.6 Å². The Morgan fingerprint density at radius 3 is 0.700 bits per heavy atom. The van der Waals surface area contributed by atoms with Gasteiger partial charge in [0.2, 0.25) is 0 Å². The highest BCUT2D eigenvalue weighted by Gasteiger charge is 2.36. The summed E-state index contributed by atoms with van der Waals surface area (Å²) in [5, 5.41) is 81.1. The number of hydroxylamine groups is 9. The third-order valence-corrected chi connectivity index (χ3v) is 19.7. The van der Waals surface area contributed by atoms with Gasteiger partial charge in [-0.2, -0.15) is 13.2 Å². The van der Waals surface area contributed by atoms with Gasteiger partial charge in [0.25, 0.3) is 53.2 Å². The van der Waals surface area contributed by atoms with Crippen LogP contribution < -0.4 is 49.3 Å². The Kier molecular flexibility index (Phi) is 63.2. The van der Waals surface area contributed by atoms with Gasteiger partial charge < -0.3 is 46.0 Å². The van der Waals surface area contributed by atoms with Crippen molar-refractivity contribution < 1.29 is 163 Å². The van der Waals surface area contributed by atoms with Gasteiger partial charge in [-0.05, 0) is 293 Å². The zero-order valence-corrected chi connectivity index (χ0v) is 89.5. The molecule has 0 aliphatic carbocycles. The highest BCUT2D eigenvalue weighted by Crippen LogP contribution is 2.33. The monoisotopic (exact) mass is 2200 g/mol. The average molecular weight is 2200 g/mol. The molecule has 0 bridgehead atoms. The first kappa shape index (κ1) is 136. The predicted molar refractivity (Wildman–Crippen MR) is 545 cm³/mol. The van der Waals surface area contributed by atoms with Crippen LogP contribution in [0.15, 0.2) is 158 Å². The van der Waals surface area contributed by atoms with Gasteiger partial charge in [0.15, 0.2) is 0 Å². The van der Waals surface area contributed by atoms with Crippen LogP contribution in [0, 0.1) is 92.5 Å². The van der Waals surface area contributed by atoms with Gasteiger partial charge in [0, 0.05) is 5.56 Å². The standard InChI is InChI=1S/C12H16ClNO3.C12H14F3NO3.C12H16FNO3.C12H17NO3.3C11H14ClNO3.C11H13F2NO3.C11H14FNO3/c1-8-4-5-9(10(13)6-8)11(15)14-17-7-12(2,3)16;1-7-3-4-9(10(5-7)12(13,14)15)11(18)16-19-8(2)6-17;1-8-4-5-9(10(13)6-8)11(15)14-17-7-12(2,3)16;1-8-4-5-11(9(2)6-8)12(15)13-16-10(3)7-14;3*1-7-3-4-9(10(12)5-7)11(15)13-16-8(2)6-14;1-6-3-8(12)10(9(13)4-6)11(16)14-17-7(2)5-15;1-7-3-4-9(10(12)5-7)11(15)13-16-8(2)6-14/h4-6,16H,7H2,1-3H3,(H,14,15);3-5,8,17H,6H2,1-2H3,(H,16,18);4-6,16H,7H2,1-3H3,(H,14,15);4-6,10,14H,7H2,1-3H3,(H,13,15);3*3-5,8,14H,6H2,1-2H3,(H,13,15);3-4,7,15H,5H2,1-2H3,(H,14,16);3-5,8,14H,6H2,1-2H3,(H,13,15)/t;;;;2*8-;;;/m....10.../s1. The normalized spacial score (nSPS) is 12.2. The summed E-state index contributed by atoms with van der Waals surface area (Å²) in [6, 6.07) is 40.1. The summed E-state index contributed by atoms with van der Waals surface area (Å²) in [4.78, 5) is 148. The second kappa shape index (κ2) is 69.6. The van der Waals surface area contributed by atoms with Crippen molar-refractivity contribution in [3.63, 3.8) is 0 Å². The van der Waals surface area contributed by atoms with E-state index in [4.69, 9.17) is 116 Å². The molecule has 0 aromatic heterocycles. The van der Waals surface area contributed by atoms with Crippen LogP contribution in [0.25, 0.3) is 0 Å². The Morgan fingerprint density at radius 2 is 0.460 bits per heavy atom. The first-order valence-corrected chi connectivity index (χ1v) is 47.1. The third kappa shape index (κ3) is 54.7. The fourth-order valence-corrected chi connectivity index (χ4v) is 11.6. The minimum absolute atomic E-state index is 0.00220. The lowest BCUT2D eigenvalue weighted by molar-refractivity contribution is -0.138. The Morgan fingerprint density at radius 1 is 0.267 bits per heavy atom. The Bertz CT molecular complexity index is 5290. The molecule has 0 saturated carbocycles. The second-order valence-corrected chi connectivity index (χ2v) is 36.4. The van der Waals surface area contributed by atoms with Crippen LogP contribution in [0.4, 0.5) is 30.7 Å². The van der Waals surface area contributed by atoms with Gasteiger partial charge in [0.1, 0.15) is 84.8 Å². The van der Waals surface area contributed by atoms with E-state index in [1.165, 1.54) is 71.9 Å². The molecule has 0 heterocycles. The molecule has 9 rings (SSSR count). The SMILES string of the molecule is Cc1cc(F)c(C(=O)NOC(C)CO)c(F)c1.Cc1ccc(C(=O)NOC(C)CO)c(C(F)(F)F)c1.Cc1ccc(C(=O)NOC(C)CO)c(C)c1.Cc1ccc(C(=O)NOC(C)CO)c(Cl)c1.Cc1ccc(C(=O)NOC(C)CO)c(F)c1.Cc1ccc(C(=O)NOCC(C)(C)O)c(Cl)c1.Cc1ccc(C(=O)NOCC(C)(C)O)c(F)c1.Cc1ccc(C(=O)NO[C@@H](C)CO)c(Cl)c1.Cc1ccc(C(=O)NO[C@H](C)CO)c(Cl)c1. The molecule has 9 aromatic rings.